The maximum Gasteiger partial charge on any atom is 0.187 e. The first kappa shape index (κ1) is 28.4. The quantitative estimate of drug-likeness (QED) is 0.195. The minimum Gasteiger partial charge on any atom is -0.353 e. The summed E-state index contributed by atoms with van der Waals surface area (Å²) in [5, 5.41) is 8.59. The zero-order valence-electron chi connectivity index (χ0n) is 23.5. The standard InChI is InChI=1S/C30H28F2N6S.C2H6/c1-19-7-5-9-23(31)29(19)34-20(2)21-11-12-25(24(32)15-21)35-30-36-26(18-39-30)27-16-33-28-10-6-8-22(38(27)28)17-37-13-3-4-14-37;1-2/h5-12,15-16,18,34H,2-4,13-14,17H2,1H3,(H,35,36);1-2H3. The van der Waals surface area contributed by atoms with E-state index in [1.54, 1.807) is 31.2 Å². The van der Waals surface area contributed by atoms with E-state index in [1.165, 1.54) is 42.0 Å². The molecule has 0 bridgehead atoms. The lowest BCUT2D eigenvalue weighted by molar-refractivity contribution is 0.326. The van der Waals surface area contributed by atoms with E-state index in [2.05, 4.69) is 37.6 Å². The van der Waals surface area contributed by atoms with Gasteiger partial charge in [0.05, 0.1) is 23.3 Å². The average molecular weight is 573 g/mol. The Kier molecular flexibility index (Phi) is 8.75. The van der Waals surface area contributed by atoms with Crippen molar-refractivity contribution < 1.29 is 8.78 Å². The van der Waals surface area contributed by atoms with Crippen LogP contribution < -0.4 is 10.6 Å². The van der Waals surface area contributed by atoms with Crippen molar-refractivity contribution in [2.45, 2.75) is 40.2 Å². The Morgan fingerprint density at radius 2 is 1.80 bits per heavy atom. The number of hydrogen-bond donors (Lipinski definition) is 2. The predicted octanol–water partition coefficient (Wildman–Crippen LogP) is 8.49. The van der Waals surface area contributed by atoms with Crippen LogP contribution >= 0.6 is 11.3 Å². The number of fused-ring (bicyclic) bond motifs is 1. The Labute approximate surface area is 243 Å². The van der Waals surface area contributed by atoms with Crippen LogP contribution in [0.15, 0.2) is 72.8 Å². The van der Waals surface area contributed by atoms with Crippen molar-refractivity contribution >= 4 is 39.2 Å². The van der Waals surface area contributed by atoms with E-state index in [-0.39, 0.29) is 5.82 Å². The highest BCUT2D eigenvalue weighted by atomic mass is 32.1. The SMILES string of the molecule is C=C(Nc1c(C)cccc1F)c1ccc(Nc2nc(-c3cnc4cccc(CN5CCCC5)n34)cs2)c(F)c1.CC. The van der Waals surface area contributed by atoms with Gasteiger partial charge < -0.3 is 10.6 Å². The molecule has 0 unspecified atom stereocenters. The summed E-state index contributed by atoms with van der Waals surface area (Å²) in [4.78, 5) is 11.8. The molecule has 4 heterocycles. The molecule has 1 aliphatic heterocycles. The molecule has 6 nitrogen and oxygen atoms in total. The number of halogens is 2. The lowest BCUT2D eigenvalue weighted by atomic mass is 10.1. The highest BCUT2D eigenvalue weighted by molar-refractivity contribution is 7.14. The van der Waals surface area contributed by atoms with Crippen LogP contribution in [0, 0.1) is 18.6 Å². The summed E-state index contributed by atoms with van der Waals surface area (Å²) < 4.78 is 31.5. The van der Waals surface area contributed by atoms with E-state index >= 15 is 4.39 Å². The summed E-state index contributed by atoms with van der Waals surface area (Å²) >= 11 is 1.40. The number of imidazole rings is 1. The molecule has 0 atom stereocenters. The fourth-order valence-corrected chi connectivity index (χ4v) is 5.68. The van der Waals surface area contributed by atoms with Gasteiger partial charge in [-0.25, -0.2) is 18.7 Å². The second-order valence-corrected chi connectivity index (χ2v) is 10.6. The summed E-state index contributed by atoms with van der Waals surface area (Å²) in [5.41, 5.74) is 6.03. The maximum absolute atomic E-state index is 15.1. The number of likely N-dealkylation sites (tertiary alicyclic amines) is 1. The normalized spacial score (nSPS) is 13.2. The van der Waals surface area contributed by atoms with E-state index in [0.717, 1.165) is 42.2 Å². The van der Waals surface area contributed by atoms with E-state index in [9.17, 15) is 4.39 Å². The molecule has 1 saturated heterocycles. The Balaban J connectivity index is 0.00000165. The molecular weight excluding hydrogens is 538 g/mol. The van der Waals surface area contributed by atoms with Crippen molar-refractivity contribution in [3.8, 4) is 11.4 Å². The van der Waals surface area contributed by atoms with E-state index in [0.29, 0.717) is 27.8 Å². The number of rotatable bonds is 8. The number of pyridine rings is 1. The topological polar surface area (TPSA) is 57.5 Å². The smallest absolute Gasteiger partial charge is 0.187 e. The minimum absolute atomic E-state index is 0.294. The second kappa shape index (κ2) is 12.6. The molecule has 0 aliphatic carbocycles. The third-order valence-electron chi connectivity index (χ3n) is 7.02. The Bertz CT molecular complexity index is 1650. The molecule has 0 amide bonds. The first-order chi connectivity index (χ1) is 20.0. The van der Waals surface area contributed by atoms with Crippen molar-refractivity contribution in [3.05, 3.63) is 101 Å². The van der Waals surface area contributed by atoms with Crippen LogP contribution in [0.3, 0.4) is 0 Å². The zero-order chi connectivity index (χ0) is 28.9. The van der Waals surface area contributed by atoms with Crippen molar-refractivity contribution in [1.29, 1.82) is 0 Å². The number of anilines is 3. The van der Waals surface area contributed by atoms with Gasteiger partial charge in [0.15, 0.2) is 5.13 Å². The highest BCUT2D eigenvalue weighted by Crippen LogP contribution is 2.31. The van der Waals surface area contributed by atoms with Crippen LogP contribution in [-0.4, -0.2) is 32.4 Å². The number of nitrogens with one attached hydrogen (secondary N) is 2. The number of aromatic nitrogens is 3. The second-order valence-electron chi connectivity index (χ2n) is 9.73. The monoisotopic (exact) mass is 572 g/mol. The lowest BCUT2D eigenvalue weighted by Gasteiger charge is -2.16. The van der Waals surface area contributed by atoms with Crippen LogP contribution in [0.2, 0.25) is 0 Å². The van der Waals surface area contributed by atoms with Crippen molar-refractivity contribution in [2.24, 2.45) is 0 Å². The number of benzene rings is 2. The van der Waals surface area contributed by atoms with Crippen molar-refractivity contribution in [2.75, 3.05) is 23.7 Å². The molecule has 41 heavy (non-hydrogen) atoms. The maximum atomic E-state index is 15.1. The van der Waals surface area contributed by atoms with E-state index in [4.69, 9.17) is 4.98 Å². The third-order valence-corrected chi connectivity index (χ3v) is 7.78. The van der Waals surface area contributed by atoms with E-state index < -0.39 is 5.82 Å². The predicted molar refractivity (Wildman–Crippen MR) is 166 cm³/mol. The van der Waals surface area contributed by atoms with Crippen LogP contribution in [0.1, 0.15) is 43.5 Å². The summed E-state index contributed by atoms with van der Waals surface area (Å²) in [6.45, 7) is 12.9. The molecule has 1 aliphatic rings. The molecular formula is C32H34F2N6S. The molecule has 0 radical (unpaired) electrons. The summed E-state index contributed by atoms with van der Waals surface area (Å²) in [6, 6.07) is 15.7. The molecule has 0 spiro atoms. The lowest BCUT2D eigenvalue weighted by Crippen LogP contribution is -2.20. The van der Waals surface area contributed by atoms with Gasteiger partial charge in [0.2, 0.25) is 0 Å². The number of aryl methyl sites for hydroxylation is 1. The molecule has 212 valence electrons. The summed E-state index contributed by atoms with van der Waals surface area (Å²) in [7, 11) is 0. The number of hydrogen-bond acceptors (Lipinski definition) is 6. The van der Waals surface area contributed by atoms with Crippen LogP contribution in [-0.2, 0) is 6.54 Å². The zero-order valence-corrected chi connectivity index (χ0v) is 24.4. The Hall–Kier alpha value is -4.08. The fourth-order valence-electron chi connectivity index (χ4n) is 4.96. The van der Waals surface area contributed by atoms with Gasteiger partial charge in [-0.05, 0) is 68.8 Å². The molecule has 6 rings (SSSR count). The van der Waals surface area contributed by atoms with Crippen LogP contribution in [0.25, 0.3) is 22.7 Å². The average Bonchev–Trinajstić information content (AvgIpc) is 3.75. The Morgan fingerprint density at radius 3 is 2.56 bits per heavy atom. The molecule has 9 heteroatoms. The molecule has 0 saturated carbocycles. The first-order valence-corrected chi connectivity index (χ1v) is 14.8. The van der Waals surface area contributed by atoms with Gasteiger partial charge in [-0.2, -0.15) is 0 Å². The van der Waals surface area contributed by atoms with Gasteiger partial charge >= 0.3 is 0 Å². The third kappa shape index (κ3) is 6.16. The minimum atomic E-state index is -0.458. The van der Waals surface area contributed by atoms with Gasteiger partial charge in [0.25, 0.3) is 0 Å². The Morgan fingerprint density at radius 1 is 1.02 bits per heavy atom. The molecule has 2 N–H and O–H groups in total. The van der Waals surface area contributed by atoms with Crippen molar-refractivity contribution in [1.82, 2.24) is 19.3 Å². The molecule has 1 fully saturated rings. The summed E-state index contributed by atoms with van der Waals surface area (Å²) in [5.74, 6) is -0.844. The van der Waals surface area contributed by atoms with Gasteiger partial charge in [0.1, 0.15) is 23.0 Å². The van der Waals surface area contributed by atoms with Crippen molar-refractivity contribution in [3.63, 3.8) is 0 Å². The van der Waals surface area contributed by atoms with Gasteiger partial charge in [-0.1, -0.05) is 44.7 Å². The molecule has 5 aromatic rings. The number of nitrogens with zero attached hydrogens (tertiary/aromatic N) is 4. The van der Waals surface area contributed by atoms with Crippen LogP contribution in [0.5, 0.6) is 0 Å². The summed E-state index contributed by atoms with van der Waals surface area (Å²) in [6.07, 6.45) is 4.31. The number of thiazole rings is 1. The fraction of sp³-hybridized carbons (Fsp3) is 0.250. The first-order valence-electron chi connectivity index (χ1n) is 13.9. The molecule has 3 aromatic heterocycles. The van der Waals surface area contributed by atoms with E-state index in [1.807, 2.05) is 37.6 Å². The van der Waals surface area contributed by atoms with Crippen LogP contribution in [0.4, 0.5) is 25.3 Å². The van der Waals surface area contributed by atoms with Gasteiger partial charge in [0, 0.05) is 28.9 Å². The van der Waals surface area contributed by atoms with Gasteiger partial charge in [-0.15, -0.1) is 11.3 Å². The largest absolute Gasteiger partial charge is 0.353 e. The highest BCUT2D eigenvalue weighted by Gasteiger charge is 2.17. The van der Waals surface area contributed by atoms with Gasteiger partial charge in [-0.3, -0.25) is 9.30 Å². The number of para-hydroxylation sites is 1. The molecule has 2 aromatic carbocycles.